The van der Waals surface area contributed by atoms with Gasteiger partial charge in [0, 0.05) is 35.9 Å². The van der Waals surface area contributed by atoms with Crippen LogP contribution in [0, 0.1) is 0 Å². The molecule has 84 valence electrons. The molecule has 1 aromatic heterocycles. The predicted molar refractivity (Wildman–Crippen MR) is 66.7 cm³/mol. The summed E-state index contributed by atoms with van der Waals surface area (Å²) in [5.41, 5.74) is 5.85. The molecule has 0 aromatic carbocycles. The number of thioether (sulfide) groups is 1. The Labute approximate surface area is 98.4 Å². The number of rotatable bonds is 3. The third-order valence-corrected chi connectivity index (χ3v) is 5.27. The van der Waals surface area contributed by atoms with Crippen molar-refractivity contribution in [2.24, 2.45) is 5.73 Å². The lowest BCUT2D eigenvalue weighted by Gasteiger charge is -2.39. The van der Waals surface area contributed by atoms with E-state index in [1.165, 1.54) is 11.5 Å². The van der Waals surface area contributed by atoms with Crippen LogP contribution in [0.5, 0.6) is 0 Å². The molecular weight excluding hydrogens is 228 g/mol. The molecule has 0 saturated carbocycles. The van der Waals surface area contributed by atoms with Gasteiger partial charge in [0.05, 0.1) is 0 Å². The monoisotopic (exact) mass is 244 g/mol. The lowest BCUT2D eigenvalue weighted by molar-refractivity contribution is 0.457. The first-order valence-electron chi connectivity index (χ1n) is 5.06. The van der Waals surface area contributed by atoms with E-state index in [4.69, 9.17) is 5.73 Å². The zero-order valence-electron chi connectivity index (χ0n) is 8.85. The van der Waals surface area contributed by atoms with Gasteiger partial charge in [0.2, 0.25) is 5.13 Å². The number of hydrogen-bond donors (Lipinski definition) is 1. The molecule has 0 amide bonds. The third kappa shape index (κ3) is 2.26. The van der Waals surface area contributed by atoms with Crippen molar-refractivity contribution in [1.82, 2.24) is 9.36 Å². The standard InChI is InChI=1S/C9H16N4S2/c1-14-9(6-10)2-4-13(5-3-9)8-11-7-12-15-8/h7H,2-6,10H2,1H3. The Balaban J connectivity index is 1.97. The van der Waals surface area contributed by atoms with Gasteiger partial charge in [0.1, 0.15) is 6.33 Å². The topological polar surface area (TPSA) is 55.0 Å². The highest BCUT2D eigenvalue weighted by Gasteiger charge is 2.33. The van der Waals surface area contributed by atoms with Crippen LogP contribution >= 0.6 is 23.3 Å². The van der Waals surface area contributed by atoms with E-state index in [0.717, 1.165) is 37.6 Å². The summed E-state index contributed by atoms with van der Waals surface area (Å²) in [7, 11) is 0. The predicted octanol–water partition coefficient (Wildman–Crippen LogP) is 1.20. The average molecular weight is 244 g/mol. The number of hydrogen-bond acceptors (Lipinski definition) is 6. The lowest BCUT2D eigenvalue weighted by atomic mass is 9.96. The van der Waals surface area contributed by atoms with Crippen molar-refractivity contribution in [3.63, 3.8) is 0 Å². The largest absolute Gasteiger partial charge is 0.347 e. The van der Waals surface area contributed by atoms with Gasteiger partial charge in [-0.05, 0) is 19.1 Å². The first-order valence-corrected chi connectivity index (χ1v) is 7.06. The second-order valence-corrected chi connectivity index (χ2v) is 5.83. The molecule has 1 aliphatic heterocycles. The van der Waals surface area contributed by atoms with Gasteiger partial charge < -0.3 is 10.6 Å². The average Bonchev–Trinajstić information content (AvgIpc) is 2.83. The Hall–Kier alpha value is -0.330. The molecule has 4 nitrogen and oxygen atoms in total. The van der Waals surface area contributed by atoms with Crippen LogP contribution < -0.4 is 10.6 Å². The smallest absolute Gasteiger partial charge is 0.204 e. The molecule has 0 spiro atoms. The molecule has 1 aromatic rings. The summed E-state index contributed by atoms with van der Waals surface area (Å²) >= 11 is 3.38. The first kappa shape index (κ1) is 11.2. The lowest BCUT2D eigenvalue weighted by Crippen LogP contribution is -2.46. The van der Waals surface area contributed by atoms with Gasteiger partial charge >= 0.3 is 0 Å². The molecule has 1 saturated heterocycles. The van der Waals surface area contributed by atoms with E-state index in [0.29, 0.717) is 4.75 Å². The summed E-state index contributed by atoms with van der Waals surface area (Å²) in [5, 5.41) is 1.04. The molecule has 2 N–H and O–H groups in total. The van der Waals surface area contributed by atoms with E-state index in [1.807, 2.05) is 11.8 Å². The van der Waals surface area contributed by atoms with E-state index in [9.17, 15) is 0 Å². The Morgan fingerprint density at radius 3 is 2.80 bits per heavy atom. The molecule has 2 heterocycles. The fourth-order valence-electron chi connectivity index (χ4n) is 1.90. The van der Waals surface area contributed by atoms with Crippen LogP contribution in [-0.2, 0) is 0 Å². The van der Waals surface area contributed by atoms with Crippen molar-refractivity contribution >= 4 is 28.4 Å². The third-order valence-electron chi connectivity index (χ3n) is 3.10. The Bertz CT molecular complexity index is 287. The van der Waals surface area contributed by atoms with Gasteiger partial charge in [0.25, 0.3) is 0 Å². The minimum atomic E-state index is 0.293. The van der Waals surface area contributed by atoms with Crippen molar-refractivity contribution < 1.29 is 0 Å². The van der Waals surface area contributed by atoms with Crippen molar-refractivity contribution in [3.8, 4) is 0 Å². The molecule has 0 bridgehead atoms. The second kappa shape index (κ2) is 4.67. The first-order chi connectivity index (χ1) is 7.29. The van der Waals surface area contributed by atoms with Crippen LogP contribution in [-0.4, -0.2) is 40.0 Å². The highest BCUT2D eigenvalue weighted by molar-refractivity contribution is 8.00. The maximum absolute atomic E-state index is 5.85. The van der Waals surface area contributed by atoms with E-state index >= 15 is 0 Å². The number of piperidine rings is 1. The van der Waals surface area contributed by atoms with Crippen LogP contribution in [0.1, 0.15) is 12.8 Å². The molecule has 0 radical (unpaired) electrons. The second-order valence-electron chi connectivity index (χ2n) is 3.80. The Kier molecular flexibility index (Phi) is 3.48. The molecule has 0 atom stereocenters. The summed E-state index contributed by atoms with van der Waals surface area (Å²) in [6.07, 6.45) is 6.07. The molecular formula is C9H16N4S2. The van der Waals surface area contributed by atoms with Crippen LogP contribution in [0.4, 0.5) is 5.13 Å². The van der Waals surface area contributed by atoms with Crippen molar-refractivity contribution in [1.29, 1.82) is 0 Å². The van der Waals surface area contributed by atoms with Gasteiger partial charge in [0.15, 0.2) is 0 Å². The summed E-state index contributed by atoms with van der Waals surface area (Å²) < 4.78 is 4.33. The molecule has 15 heavy (non-hydrogen) atoms. The minimum absolute atomic E-state index is 0.293. The zero-order valence-corrected chi connectivity index (χ0v) is 10.5. The fourth-order valence-corrected chi connectivity index (χ4v) is 3.24. The summed E-state index contributed by atoms with van der Waals surface area (Å²) in [6, 6.07) is 0. The highest BCUT2D eigenvalue weighted by atomic mass is 32.2. The normalized spacial score (nSPS) is 20.5. The molecule has 1 fully saturated rings. The molecule has 1 aliphatic rings. The molecule has 6 heteroatoms. The van der Waals surface area contributed by atoms with E-state index < -0.39 is 0 Å². The maximum Gasteiger partial charge on any atom is 0.204 e. The van der Waals surface area contributed by atoms with E-state index in [-0.39, 0.29) is 0 Å². The molecule has 2 rings (SSSR count). The minimum Gasteiger partial charge on any atom is -0.347 e. The van der Waals surface area contributed by atoms with Crippen LogP contribution in [0.15, 0.2) is 6.33 Å². The van der Waals surface area contributed by atoms with Crippen molar-refractivity contribution in [2.45, 2.75) is 17.6 Å². The van der Waals surface area contributed by atoms with E-state index in [1.54, 1.807) is 6.33 Å². The summed E-state index contributed by atoms with van der Waals surface area (Å²) in [6.45, 7) is 2.87. The van der Waals surface area contributed by atoms with Crippen LogP contribution in [0.2, 0.25) is 0 Å². The number of aromatic nitrogens is 2. The van der Waals surface area contributed by atoms with Gasteiger partial charge in [-0.2, -0.15) is 16.1 Å². The summed E-state index contributed by atoms with van der Waals surface area (Å²) in [5.74, 6) is 0. The number of anilines is 1. The van der Waals surface area contributed by atoms with Gasteiger partial charge in [-0.25, -0.2) is 4.98 Å². The van der Waals surface area contributed by atoms with Crippen LogP contribution in [0.25, 0.3) is 0 Å². The number of nitrogens with two attached hydrogens (primary N) is 1. The SMILES string of the molecule is CSC1(CN)CCN(c2ncns2)CC1. The van der Waals surface area contributed by atoms with Gasteiger partial charge in [-0.15, -0.1) is 0 Å². The van der Waals surface area contributed by atoms with E-state index in [2.05, 4.69) is 20.5 Å². The fraction of sp³-hybridized carbons (Fsp3) is 0.778. The maximum atomic E-state index is 5.85. The van der Waals surface area contributed by atoms with Gasteiger partial charge in [-0.3, -0.25) is 0 Å². The Morgan fingerprint density at radius 2 is 2.33 bits per heavy atom. The van der Waals surface area contributed by atoms with Crippen molar-refractivity contribution in [2.75, 3.05) is 30.8 Å². The Morgan fingerprint density at radius 1 is 1.60 bits per heavy atom. The van der Waals surface area contributed by atoms with Crippen molar-refractivity contribution in [3.05, 3.63) is 6.33 Å². The summed E-state index contributed by atoms with van der Waals surface area (Å²) in [4.78, 5) is 6.54. The highest BCUT2D eigenvalue weighted by Crippen LogP contribution is 2.35. The number of nitrogens with zero attached hydrogens (tertiary/aromatic N) is 3. The van der Waals surface area contributed by atoms with Crippen LogP contribution in [0.3, 0.4) is 0 Å². The molecule has 0 unspecified atom stereocenters. The van der Waals surface area contributed by atoms with Gasteiger partial charge in [-0.1, -0.05) is 0 Å². The molecule has 0 aliphatic carbocycles. The quantitative estimate of drug-likeness (QED) is 0.866. The zero-order chi connectivity index (χ0) is 10.7.